The van der Waals surface area contributed by atoms with Gasteiger partial charge in [-0.15, -0.1) is 0 Å². The molecule has 1 aliphatic rings. The SMILES string of the molecule is COC1CCC(NCCN(C)C)(C(N)=O)CC1. The van der Waals surface area contributed by atoms with Gasteiger partial charge in [-0.3, -0.25) is 4.79 Å². The maximum Gasteiger partial charge on any atom is 0.237 e. The van der Waals surface area contributed by atoms with Crippen LogP contribution in [0.5, 0.6) is 0 Å². The van der Waals surface area contributed by atoms with Crippen LogP contribution < -0.4 is 11.1 Å². The molecule has 0 heterocycles. The van der Waals surface area contributed by atoms with Crippen molar-refractivity contribution in [1.82, 2.24) is 10.2 Å². The van der Waals surface area contributed by atoms with E-state index in [1.54, 1.807) is 7.11 Å². The maximum atomic E-state index is 11.7. The molecule has 0 bridgehead atoms. The molecule has 1 rings (SSSR count). The summed E-state index contributed by atoms with van der Waals surface area (Å²) in [6.45, 7) is 1.69. The van der Waals surface area contributed by atoms with Crippen LogP contribution in [0.3, 0.4) is 0 Å². The molecule has 0 radical (unpaired) electrons. The lowest BCUT2D eigenvalue weighted by atomic mass is 9.79. The van der Waals surface area contributed by atoms with E-state index >= 15 is 0 Å². The Bertz CT molecular complexity index is 248. The van der Waals surface area contributed by atoms with Gasteiger partial charge in [0.05, 0.1) is 11.6 Å². The van der Waals surface area contributed by atoms with Crippen molar-refractivity contribution in [3.05, 3.63) is 0 Å². The monoisotopic (exact) mass is 243 g/mol. The molecule has 17 heavy (non-hydrogen) atoms. The number of nitrogens with zero attached hydrogens (tertiary/aromatic N) is 1. The summed E-state index contributed by atoms with van der Waals surface area (Å²) >= 11 is 0. The predicted molar refractivity (Wildman–Crippen MR) is 67.7 cm³/mol. The van der Waals surface area contributed by atoms with E-state index in [2.05, 4.69) is 10.2 Å². The number of carbonyl (C=O) groups excluding carboxylic acids is 1. The van der Waals surface area contributed by atoms with E-state index in [9.17, 15) is 4.79 Å². The van der Waals surface area contributed by atoms with Crippen molar-refractivity contribution in [3.8, 4) is 0 Å². The van der Waals surface area contributed by atoms with Crippen molar-refractivity contribution in [2.75, 3.05) is 34.3 Å². The van der Waals surface area contributed by atoms with E-state index in [0.29, 0.717) is 0 Å². The number of nitrogens with one attached hydrogen (secondary N) is 1. The number of hydrogen-bond donors (Lipinski definition) is 2. The van der Waals surface area contributed by atoms with Gasteiger partial charge in [0.25, 0.3) is 0 Å². The first-order valence-corrected chi connectivity index (χ1v) is 6.22. The molecule has 1 saturated carbocycles. The van der Waals surface area contributed by atoms with Gasteiger partial charge in [-0.05, 0) is 39.8 Å². The molecule has 100 valence electrons. The molecule has 0 aromatic carbocycles. The summed E-state index contributed by atoms with van der Waals surface area (Å²) in [4.78, 5) is 13.7. The number of primary amides is 1. The first kappa shape index (κ1) is 14.4. The lowest BCUT2D eigenvalue weighted by Crippen LogP contribution is -2.58. The molecule has 0 aromatic heterocycles. The topological polar surface area (TPSA) is 67.6 Å². The van der Waals surface area contributed by atoms with Crippen LogP contribution in [0.25, 0.3) is 0 Å². The van der Waals surface area contributed by atoms with Gasteiger partial charge in [0.15, 0.2) is 0 Å². The second kappa shape index (κ2) is 6.33. The van der Waals surface area contributed by atoms with Crippen LogP contribution in [-0.2, 0) is 9.53 Å². The highest BCUT2D eigenvalue weighted by Crippen LogP contribution is 2.29. The lowest BCUT2D eigenvalue weighted by molar-refractivity contribution is -0.126. The number of nitrogens with two attached hydrogens (primary N) is 1. The van der Waals surface area contributed by atoms with Gasteiger partial charge >= 0.3 is 0 Å². The molecule has 1 fully saturated rings. The quantitative estimate of drug-likeness (QED) is 0.686. The molecule has 3 N–H and O–H groups in total. The first-order valence-electron chi connectivity index (χ1n) is 6.22. The van der Waals surface area contributed by atoms with Crippen molar-refractivity contribution in [3.63, 3.8) is 0 Å². The van der Waals surface area contributed by atoms with Crippen molar-refractivity contribution >= 4 is 5.91 Å². The zero-order chi connectivity index (χ0) is 12.9. The maximum absolute atomic E-state index is 11.7. The van der Waals surface area contributed by atoms with Crippen molar-refractivity contribution in [2.45, 2.75) is 37.3 Å². The Labute approximate surface area is 104 Å². The average molecular weight is 243 g/mol. The van der Waals surface area contributed by atoms with Gasteiger partial charge in [0.2, 0.25) is 5.91 Å². The van der Waals surface area contributed by atoms with Crippen LogP contribution >= 0.6 is 0 Å². The average Bonchev–Trinajstić information content (AvgIpc) is 2.29. The minimum Gasteiger partial charge on any atom is -0.381 e. The molecule has 1 amide bonds. The number of likely N-dealkylation sites (N-methyl/N-ethyl adjacent to an activating group) is 1. The fraction of sp³-hybridized carbons (Fsp3) is 0.917. The molecule has 0 spiro atoms. The summed E-state index contributed by atoms with van der Waals surface area (Å²) < 4.78 is 5.32. The molecule has 0 atom stereocenters. The first-order chi connectivity index (χ1) is 8.00. The van der Waals surface area contributed by atoms with Crippen molar-refractivity contribution in [1.29, 1.82) is 0 Å². The zero-order valence-corrected chi connectivity index (χ0v) is 11.2. The zero-order valence-electron chi connectivity index (χ0n) is 11.2. The van der Waals surface area contributed by atoms with Crippen LogP contribution in [0.1, 0.15) is 25.7 Å². The summed E-state index contributed by atoms with van der Waals surface area (Å²) in [5.74, 6) is -0.231. The van der Waals surface area contributed by atoms with Crippen molar-refractivity contribution in [2.24, 2.45) is 5.73 Å². The molecule has 0 unspecified atom stereocenters. The van der Waals surface area contributed by atoms with Crippen LogP contribution in [-0.4, -0.2) is 56.7 Å². The standard InChI is InChI=1S/C12H25N3O2/c1-15(2)9-8-14-12(11(13)16)6-4-10(17-3)5-7-12/h10,14H,4-9H2,1-3H3,(H2,13,16). The van der Waals surface area contributed by atoms with E-state index in [1.807, 2.05) is 14.1 Å². The Morgan fingerprint density at radius 3 is 2.47 bits per heavy atom. The predicted octanol–water partition coefficient (Wildman–Crippen LogP) is -0.0493. The van der Waals surface area contributed by atoms with E-state index in [-0.39, 0.29) is 12.0 Å². The van der Waals surface area contributed by atoms with Crippen LogP contribution in [0.4, 0.5) is 0 Å². The second-order valence-corrected chi connectivity index (χ2v) is 5.11. The normalized spacial score (nSPS) is 29.5. The molecular weight excluding hydrogens is 218 g/mol. The minimum absolute atomic E-state index is 0.231. The van der Waals surface area contributed by atoms with Gasteiger partial charge in [-0.2, -0.15) is 0 Å². The Kier molecular flexibility index (Phi) is 5.36. The molecule has 0 saturated heterocycles. The Hall–Kier alpha value is -0.650. The third-order valence-corrected chi connectivity index (χ3v) is 3.61. The van der Waals surface area contributed by atoms with E-state index < -0.39 is 5.54 Å². The van der Waals surface area contributed by atoms with E-state index in [1.165, 1.54) is 0 Å². The van der Waals surface area contributed by atoms with E-state index in [4.69, 9.17) is 10.5 Å². The molecular formula is C12H25N3O2. The van der Waals surface area contributed by atoms with Crippen LogP contribution in [0, 0.1) is 0 Å². The number of rotatable bonds is 6. The fourth-order valence-corrected chi connectivity index (χ4v) is 2.35. The van der Waals surface area contributed by atoms with Crippen LogP contribution in [0.15, 0.2) is 0 Å². The third kappa shape index (κ3) is 3.94. The lowest BCUT2D eigenvalue weighted by Gasteiger charge is -2.38. The fourth-order valence-electron chi connectivity index (χ4n) is 2.35. The molecule has 0 aromatic rings. The molecule has 5 nitrogen and oxygen atoms in total. The number of carbonyl (C=O) groups is 1. The largest absolute Gasteiger partial charge is 0.381 e. The summed E-state index contributed by atoms with van der Waals surface area (Å²) in [6.07, 6.45) is 3.61. The van der Waals surface area contributed by atoms with Gasteiger partial charge in [0.1, 0.15) is 0 Å². The molecule has 1 aliphatic carbocycles. The second-order valence-electron chi connectivity index (χ2n) is 5.11. The van der Waals surface area contributed by atoms with Gasteiger partial charge in [-0.25, -0.2) is 0 Å². The number of methoxy groups -OCH3 is 1. The van der Waals surface area contributed by atoms with Gasteiger partial charge < -0.3 is 20.7 Å². The number of ether oxygens (including phenoxy) is 1. The Morgan fingerprint density at radius 2 is 2.06 bits per heavy atom. The summed E-state index contributed by atoms with van der Waals surface area (Å²) in [5, 5.41) is 3.34. The van der Waals surface area contributed by atoms with Crippen molar-refractivity contribution < 1.29 is 9.53 Å². The Morgan fingerprint density at radius 1 is 1.47 bits per heavy atom. The minimum atomic E-state index is -0.523. The molecule has 5 heteroatoms. The van der Waals surface area contributed by atoms with E-state index in [0.717, 1.165) is 38.8 Å². The smallest absolute Gasteiger partial charge is 0.237 e. The van der Waals surface area contributed by atoms with Crippen LogP contribution in [0.2, 0.25) is 0 Å². The Balaban J connectivity index is 2.50. The summed E-state index contributed by atoms with van der Waals surface area (Å²) in [7, 11) is 5.75. The molecule has 0 aliphatic heterocycles. The summed E-state index contributed by atoms with van der Waals surface area (Å²) in [5.41, 5.74) is 5.03. The number of hydrogen-bond acceptors (Lipinski definition) is 4. The summed E-state index contributed by atoms with van der Waals surface area (Å²) in [6, 6.07) is 0. The number of amides is 1. The third-order valence-electron chi connectivity index (χ3n) is 3.61. The highest BCUT2D eigenvalue weighted by Gasteiger charge is 2.39. The van der Waals surface area contributed by atoms with Gasteiger partial charge in [-0.1, -0.05) is 0 Å². The highest BCUT2D eigenvalue weighted by molar-refractivity contribution is 5.84. The highest BCUT2D eigenvalue weighted by atomic mass is 16.5. The van der Waals surface area contributed by atoms with Gasteiger partial charge in [0, 0.05) is 20.2 Å².